The maximum absolute atomic E-state index is 12.1. The van der Waals surface area contributed by atoms with Gasteiger partial charge in [-0.05, 0) is 65.9 Å². The van der Waals surface area contributed by atoms with E-state index in [9.17, 15) is 19.2 Å². The Hall–Kier alpha value is -5.64. The van der Waals surface area contributed by atoms with Gasteiger partial charge in [-0.2, -0.15) is 0 Å². The molecule has 1 saturated carbocycles. The van der Waals surface area contributed by atoms with Crippen LogP contribution in [-0.2, 0) is 35.0 Å². The standard InChI is InChI=1S/C25H24N2O3.C11H10O5/c1-18(29-16-15-20-11-12-22(26)17-24(20)27)7-8-19-9-13-23(14-10-19)30-25(28)21-5-3-2-4-6-21;1-4-2-5-6-3-7(8(5)11(14)15-4)10(13)16-9(6)12/h2-14,17H,1,15-16,26-27H2;5-8H,1-3H2/b8-7+;. The van der Waals surface area contributed by atoms with Gasteiger partial charge in [0.25, 0.3) is 0 Å². The third-order valence-electron chi connectivity index (χ3n) is 8.10. The fourth-order valence-electron chi connectivity index (χ4n) is 5.79. The van der Waals surface area contributed by atoms with E-state index in [0.717, 1.165) is 11.1 Å². The number of benzene rings is 3. The number of nitrogens with two attached hydrogens (primary N) is 2. The number of ether oxygens (including phenoxy) is 4. The normalized spacial score (nSPS) is 21.4. The molecule has 2 heterocycles. The van der Waals surface area contributed by atoms with Crippen LogP contribution in [0.5, 0.6) is 5.75 Å². The molecule has 3 fully saturated rings. The number of allylic oxidation sites excluding steroid dienone is 2. The quantitative estimate of drug-likeness (QED) is 0.0848. The number of carbonyl (C=O) groups is 4. The summed E-state index contributed by atoms with van der Waals surface area (Å²) in [6, 6.07) is 21.5. The van der Waals surface area contributed by atoms with Crippen LogP contribution in [0.3, 0.4) is 0 Å². The maximum atomic E-state index is 12.1. The van der Waals surface area contributed by atoms with Gasteiger partial charge in [0.15, 0.2) is 0 Å². The van der Waals surface area contributed by atoms with Gasteiger partial charge in [-0.1, -0.05) is 55.6 Å². The number of fused-ring (bicyclic) bond motifs is 5. The van der Waals surface area contributed by atoms with Crippen molar-refractivity contribution in [2.75, 3.05) is 18.1 Å². The van der Waals surface area contributed by atoms with Crippen molar-refractivity contribution in [2.45, 2.75) is 19.3 Å². The molecule has 10 nitrogen and oxygen atoms in total. The molecule has 3 aromatic rings. The molecule has 0 amide bonds. The van der Waals surface area contributed by atoms with Gasteiger partial charge in [-0.25, -0.2) is 4.79 Å². The Kier molecular flexibility index (Phi) is 9.66. The van der Waals surface area contributed by atoms with Crippen LogP contribution >= 0.6 is 0 Å². The van der Waals surface area contributed by atoms with Gasteiger partial charge < -0.3 is 30.4 Å². The molecule has 0 aromatic heterocycles. The molecule has 2 saturated heterocycles. The molecule has 1 aliphatic carbocycles. The van der Waals surface area contributed by atoms with Crippen molar-refractivity contribution < 1.29 is 38.1 Å². The lowest BCUT2D eigenvalue weighted by molar-refractivity contribution is -0.170. The lowest BCUT2D eigenvalue weighted by Crippen LogP contribution is -2.34. The van der Waals surface area contributed by atoms with Crippen LogP contribution in [0.2, 0.25) is 0 Å². The zero-order valence-corrected chi connectivity index (χ0v) is 25.1. The molecule has 2 bridgehead atoms. The lowest BCUT2D eigenvalue weighted by Gasteiger charge is -2.27. The Morgan fingerprint density at radius 1 is 0.913 bits per heavy atom. The first-order valence-corrected chi connectivity index (χ1v) is 14.7. The molecule has 4 N–H and O–H groups in total. The zero-order chi connectivity index (χ0) is 32.8. The number of hydrogen-bond acceptors (Lipinski definition) is 10. The van der Waals surface area contributed by atoms with E-state index in [-0.39, 0.29) is 17.8 Å². The van der Waals surface area contributed by atoms with Crippen molar-refractivity contribution in [2.24, 2.45) is 23.7 Å². The Morgan fingerprint density at radius 2 is 1.63 bits per heavy atom. The van der Waals surface area contributed by atoms with E-state index in [4.69, 9.17) is 25.7 Å². The first-order chi connectivity index (χ1) is 22.1. The largest absolute Gasteiger partial charge is 0.494 e. The van der Waals surface area contributed by atoms with Gasteiger partial charge in [0.05, 0.1) is 29.9 Å². The van der Waals surface area contributed by atoms with Crippen molar-refractivity contribution >= 4 is 41.3 Å². The summed E-state index contributed by atoms with van der Waals surface area (Å²) in [7, 11) is 0. The van der Waals surface area contributed by atoms with Gasteiger partial charge in [0.2, 0.25) is 0 Å². The summed E-state index contributed by atoms with van der Waals surface area (Å²) >= 11 is 0. The molecule has 4 unspecified atom stereocenters. The third kappa shape index (κ3) is 7.52. The molecule has 6 rings (SSSR count). The number of nitrogen functional groups attached to an aromatic ring is 2. The average Bonchev–Trinajstić information content (AvgIpc) is 3.38. The van der Waals surface area contributed by atoms with Gasteiger partial charge in [0.1, 0.15) is 17.3 Å². The average molecular weight is 623 g/mol. The Labute approximate surface area is 266 Å². The second-order valence-corrected chi connectivity index (χ2v) is 11.2. The maximum Gasteiger partial charge on any atom is 0.343 e. The van der Waals surface area contributed by atoms with E-state index in [1.165, 1.54) is 0 Å². The highest BCUT2D eigenvalue weighted by Gasteiger charge is 2.59. The predicted octanol–water partition coefficient (Wildman–Crippen LogP) is 5.26. The monoisotopic (exact) mass is 622 g/mol. The number of carbonyl (C=O) groups excluding carboxylic acids is 4. The van der Waals surface area contributed by atoms with Gasteiger partial charge >= 0.3 is 23.9 Å². The predicted molar refractivity (Wildman–Crippen MR) is 170 cm³/mol. The highest BCUT2D eigenvalue weighted by Crippen LogP contribution is 2.51. The summed E-state index contributed by atoms with van der Waals surface area (Å²) in [4.78, 5) is 46.7. The van der Waals surface area contributed by atoms with Gasteiger partial charge in [-0.3, -0.25) is 14.4 Å². The van der Waals surface area contributed by atoms with Crippen LogP contribution in [0.1, 0.15) is 34.3 Å². The lowest BCUT2D eigenvalue weighted by atomic mass is 9.83. The fourth-order valence-corrected chi connectivity index (χ4v) is 5.79. The zero-order valence-electron chi connectivity index (χ0n) is 25.1. The highest BCUT2D eigenvalue weighted by atomic mass is 16.6. The Balaban J connectivity index is 0.000000217. The van der Waals surface area contributed by atoms with E-state index in [0.29, 0.717) is 60.1 Å². The SMILES string of the molecule is C=C(/C=C/c1ccc(OC(=O)c2ccccc2)cc1)OCCc1ccc(N)cc1N.C=C1CC2C3CC(C(=O)OC3=O)C2C(=O)O1. The number of hydrogen-bond donors (Lipinski definition) is 2. The minimum absolute atomic E-state index is 0.169. The molecular weight excluding hydrogens is 588 g/mol. The molecular formula is C36H34N2O8. The smallest absolute Gasteiger partial charge is 0.343 e. The number of rotatable bonds is 8. The van der Waals surface area contributed by atoms with E-state index < -0.39 is 29.7 Å². The molecule has 3 aromatic carbocycles. The first-order valence-electron chi connectivity index (χ1n) is 14.7. The van der Waals surface area contributed by atoms with E-state index >= 15 is 0 Å². The van der Waals surface area contributed by atoms with Gasteiger partial charge in [-0.15, -0.1) is 0 Å². The fraction of sp³-hybridized carbons (Fsp3) is 0.222. The molecule has 10 heteroatoms. The minimum atomic E-state index is -0.585. The van der Waals surface area contributed by atoms with E-state index in [2.05, 4.69) is 17.9 Å². The topological polar surface area (TPSA) is 157 Å². The molecule has 46 heavy (non-hydrogen) atoms. The van der Waals surface area contributed by atoms with Crippen molar-refractivity contribution in [1.82, 2.24) is 0 Å². The molecule has 2 aliphatic heterocycles. The van der Waals surface area contributed by atoms with Crippen LogP contribution in [0.4, 0.5) is 11.4 Å². The molecule has 236 valence electrons. The van der Waals surface area contributed by atoms with Crippen LogP contribution in [-0.4, -0.2) is 30.5 Å². The summed E-state index contributed by atoms with van der Waals surface area (Å²) in [5.41, 5.74) is 15.4. The summed E-state index contributed by atoms with van der Waals surface area (Å²) in [5, 5.41) is 0. The summed E-state index contributed by atoms with van der Waals surface area (Å²) in [6.45, 7) is 7.97. The van der Waals surface area contributed by atoms with Gasteiger partial charge in [0, 0.05) is 24.2 Å². The Morgan fingerprint density at radius 3 is 2.35 bits per heavy atom. The van der Waals surface area contributed by atoms with Crippen LogP contribution in [0.25, 0.3) is 6.08 Å². The number of cyclic esters (lactones) is 3. The highest BCUT2D eigenvalue weighted by molar-refractivity contribution is 5.96. The van der Waals surface area contributed by atoms with Crippen LogP contribution in [0.15, 0.2) is 104 Å². The summed E-state index contributed by atoms with van der Waals surface area (Å²) in [6.07, 6.45) is 5.20. The Bertz CT molecular complexity index is 1700. The van der Waals surface area contributed by atoms with Crippen LogP contribution in [0, 0.1) is 23.7 Å². The van der Waals surface area contributed by atoms with Crippen molar-refractivity contribution in [3.8, 4) is 5.75 Å². The number of anilines is 2. The van der Waals surface area contributed by atoms with Crippen molar-refractivity contribution in [3.05, 3.63) is 120 Å². The number of esters is 4. The third-order valence-corrected chi connectivity index (χ3v) is 8.10. The summed E-state index contributed by atoms with van der Waals surface area (Å²) < 4.78 is 20.6. The first kappa shape index (κ1) is 31.8. The molecule has 4 atom stereocenters. The minimum Gasteiger partial charge on any atom is -0.494 e. The molecule has 3 aliphatic rings. The van der Waals surface area contributed by atoms with Crippen molar-refractivity contribution in [1.29, 1.82) is 0 Å². The summed E-state index contributed by atoms with van der Waals surface area (Å²) in [5.74, 6) is -2.06. The van der Waals surface area contributed by atoms with Crippen molar-refractivity contribution in [3.63, 3.8) is 0 Å². The molecule has 0 spiro atoms. The molecule has 0 radical (unpaired) electrons. The second kappa shape index (κ2) is 14.0. The second-order valence-electron chi connectivity index (χ2n) is 11.2. The van der Waals surface area contributed by atoms with E-state index in [1.54, 1.807) is 48.5 Å². The van der Waals surface area contributed by atoms with E-state index in [1.807, 2.05) is 36.4 Å². The van der Waals surface area contributed by atoms with Crippen LogP contribution < -0.4 is 16.2 Å².